The zero-order chi connectivity index (χ0) is 18.8. The molecule has 0 radical (unpaired) electrons. The number of nitrogens with zero attached hydrogens (tertiary/aromatic N) is 3. The van der Waals surface area contributed by atoms with Crippen LogP contribution in [0.5, 0.6) is 5.75 Å². The third kappa shape index (κ3) is 3.73. The van der Waals surface area contributed by atoms with Crippen LogP contribution in [0, 0.1) is 20.8 Å². The molecule has 1 N–H and O–H groups in total. The van der Waals surface area contributed by atoms with E-state index in [4.69, 9.17) is 16.3 Å². The van der Waals surface area contributed by atoms with Crippen molar-refractivity contribution in [1.82, 2.24) is 14.8 Å². The Kier molecular flexibility index (Phi) is 5.29. The van der Waals surface area contributed by atoms with Crippen molar-refractivity contribution in [3.63, 3.8) is 0 Å². The van der Waals surface area contributed by atoms with Crippen LogP contribution in [-0.2, 0) is 11.2 Å². The normalized spacial score (nSPS) is 10.8. The highest BCUT2D eigenvalue weighted by atomic mass is 35.5. The van der Waals surface area contributed by atoms with Crippen LogP contribution < -0.4 is 10.1 Å². The number of hydrogen-bond acceptors (Lipinski definition) is 5. The summed E-state index contributed by atoms with van der Waals surface area (Å²) in [5, 5.41) is 10.7. The monoisotopic (exact) mass is 390 g/mol. The van der Waals surface area contributed by atoms with Crippen molar-refractivity contribution >= 4 is 34.5 Å². The number of anilines is 1. The number of carbonyl (C=O) groups is 1. The number of rotatable bonds is 5. The lowest BCUT2D eigenvalue weighted by Crippen LogP contribution is -2.16. The fourth-order valence-corrected chi connectivity index (χ4v) is 3.66. The maximum Gasteiger partial charge on any atom is 0.229 e. The number of aryl methyl sites for hydroxylation is 2. The van der Waals surface area contributed by atoms with Crippen molar-refractivity contribution in [2.45, 2.75) is 27.2 Å². The summed E-state index contributed by atoms with van der Waals surface area (Å²) < 4.78 is 7.05. The second kappa shape index (κ2) is 7.47. The number of ether oxygens (including phenoxy) is 1. The number of nitrogens with one attached hydrogen (secondary N) is 1. The minimum atomic E-state index is -0.161. The van der Waals surface area contributed by atoms with Crippen LogP contribution in [0.15, 0.2) is 23.6 Å². The molecule has 2 aromatic heterocycles. The predicted molar refractivity (Wildman–Crippen MR) is 104 cm³/mol. The molecule has 0 aliphatic rings. The molecular weight excluding hydrogens is 372 g/mol. The minimum Gasteiger partial charge on any atom is -0.495 e. The second-order valence-corrected chi connectivity index (χ2v) is 7.18. The van der Waals surface area contributed by atoms with Gasteiger partial charge in [0.05, 0.1) is 30.6 Å². The zero-order valence-electron chi connectivity index (χ0n) is 15.0. The summed E-state index contributed by atoms with van der Waals surface area (Å²) in [5.41, 5.74) is 4.10. The van der Waals surface area contributed by atoms with Crippen molar-refractivity contribution < 1.29 is 9.53 Å². The van der Waals surface area contributed by atoms with Gasteiger partial charge in [-0.05, 0) is 39.0 Å². The van der Waals surface area contributed by atoms with Gasteiger partial charge in [0.25, 0.3) is 0 Å². The number of hydrogen-bond donors (Lipinski definition) is 1. The summed E-state index contributed by atoms with van der Waals surface area (Å²) in [6.07, 6.45) is 0.206. The van der Waals surface area contributed by atoms with Gasteiger partial charge in [-0.25, -0.2) is 9.67 Å². The lowest BCUT2D eigenvalue weighted by molar-refractivity contribution is -0.115. The Balaban J connectivity index is 1.82. The van der Waals surface area contributed by atoms with Gasteiger partial charge in [-0.2, -0.15) is 5.10 Å². The molecule has 0 spiro atoms. The summed E-state index contributed by atoms with van der Waals surface area (Å²) in [4.78, 5) is 17.0. The van der Waals surface area contributed by atoms with E-state index in [-0.39, 0.29) is 12.3 Å². The maximum absolute atomic E-state index is 12.6. The maximum atomic E-state index is 12.6. The lowest BCUT2D eigenvalue weighted by atomic mass is 10.1. The van der Waals surface area contributed by atoms with E-state index in [0.29, 0.717) is 16.5 Å². The predicted octanol–water partition coefficient (Wildman–Crippen LogP) is 4.10. The standard InChI is InChI=1S/C18H19ClN4O2S/c1-10-9-26-18(20-10)23-12(3)14(11(2)22-23)8-17(24)21-15-7-13(19)5-6-16(15)25-4/h5-7,9H,8H2,1-4H3,(H,21,24). The van der Waals surface area contributed by atoms with Crippen molar-refractivity contribution in [2.75, 3.05) is 12.4 Å². The van der Waals surface area contributed by atoms with Gasteiger partial charge in [0, 0.05) is 21.7 Å². The van der Waals surface area contributed by atoms with Crippen LogP contribution in [0.25, 0.3) is 5.13 Å². The number of thiazole rings is 1. The van der Waals surface area contributed by atoms with E-state index in [9.17, 15) is 4.79 Å². The van der Waals surface area contributed by atoms with E-state index in [0.717, 1.165) is 27.8 Å². The molecule has 0 aliphatic carbocycles. The molecule has 0 fully saturated rings. The fourth-order valence-electron chi connectivity index (χ4n) is 2.69. The topological polar surface area (TPSA) is 69.0 Å². The highest BCUT2D eigenvalue weighted by Crippen LogP contribution is 2.28. The van der Waals surface area contributed by atoms with Crippen molar-refractivity contribution in [2.24, 2.45) is 0 Å². The van der Waals surface area contributed by atoms with E-state index in [1.165, 1.54) is 11.3 Å². The highest BCUT2D eigenvalue weighted by Gasteiger charge is 2.18. The van der Waals surface area contributed by atoms with Crippen LogP contribution in [-0.4, -0.2) is 27.8 Å². The molecular formula is C18H19ClN4O2S. The smallest absolute Gasteiger partial charge is 0.229 e. The van der Waals surface area contributed by atoms with Gasteiger partial charge in [0.2, 0.25) is 11.0 Å². The Morgan fingerprint density at radius 1 is 1.35 bits per heavy atom. The van der Waals surface area contributed by atoms with Gasteiger partial charge in [-0.1, -0.05) is 11.6 Å². The quantitative estimate of drug-likeness (QED) is 0.712. The van der Waals surface area contributed by atoms with E-state index < -0.39 is 0 Å². The first kappa shape index (κ1) is 18.4. The molecule has 3 rings (SSSR count). The first-order chi connectivity index (χ1) is 12.4. The van der Waals surface area contributed by atoms with Gasteiger partial charge in [0.15, 0.2) is 0 Å². The van der Waals surface area contributed by atoms with Gasteiger partial charge in [-0.15, -0.1) is 11.3 Å². The van der Waals surface area contributed by atoms with Gasteiger partial charge in [-0.3, -0.25) is 4.79 Å². The van der Waals surface area contributed by atoms with Crippen molar-refractivity contribution in [1.29, 1.82) is 0 Å². The Morgan fingerprint density at radius 2 is 2.12 bits per heavy atom. The van der Waals surface area contributed by atoms with E-state index in [1.807, 2.05) is 26.2 Å². The van der Waals surface area contributed by atoms with Gasteiger partial charge in [0.1, 0.15) is 5.75 Å². The molecule has 0 saturated carbocycles. The van der Waals surface area contributed by atoms with Crippen LogP contribution in [0.4, 0.5) is 5.69 Å². The Hall–Kier alpha value is -2.38. The minimum absolute atomic E-state index is 0.161. The van der Waals surface area contributed by atoms with Gasteiger partial charge < -0.3 is 10.1 Å². The second-order valence-electron chi connectivity index (χ2n) is 5.90. The SMILES string of the molecule is COc1ccc(Cl)cc1NC(=O)Cc1c(C)nn(-c2nc(C)cs2)c1C. The third-order valence-corrected chi connectivity index (χ3v) is 5.17. The number of carbonyl (C=O) groups excluding carboxylic acids is 1. The van der Waals surface area contributed by atoms with Crippen LogP contribution in [0.3, 0.4) is 0 Å². The first-order valence-corrected chi connectivity index (χ1v) is 9.25. The molecule has 0 atom stereocenters. The van der Waals surface area contributed by atoms with E-state index >= 15 is 0 Å². The third-order valence-electron chi connectivity index (χ3n) is 4.00. The molecule has 0 bridgehead atoms. The molecule has 0 unspecified atom stereocenters. The van der Waals surface area contributed by atoms with Crippen LogP contribution in [0.1, 0.15) is 22.6 Å². The number of methoxy groups -OCH3 is 1. The summed E-state index contributed by atoms with van der Waals surface area (Å²) in [5.74, 6) is 0.400. The summed E-state index contributed by atoms with van der Waals surface area (Å²) in [7, 11) is 1.55. The van der Waals surface area contributed by atoms with Crippen molar-refractivity contribution in [3.05, 3.63) is 51.2 Å². The zero-order valence-corrected chi connectivity index (χ0v) is 16.5. The molecule has 1 amide bonds. The molecule has 0 aliphatic heterocycles. The fraction of sp³-hybridized carbons (Fsp3) is 0.278. The largest absolute Gasteiger partial charge is 0.495 e. The number of amides is 1. The molecule has 136 valence electrons. The molecule has 6 nitrogen and oxygen atoms in total. The molecule has 1 aromatic carbocycles. The summed E-state index contributed by atoms with van der Waals surface area (Å²) in [6, 6.07) is 5.10. The van der Waals surface area contributed by atoms with Crippen LogP contribution in [0.2, 0.25) is 5.02 Å². The average Bonchev–Trinajstić information content (AvgIpc) is 3.13. The number of benzene rings is 1. The van der Waals surface area contributed by atoms with E-state index in [2.05, 4.69) is 15.4 Å². The van der Waals surface area contributed by atoms with E-state index in [1.54, 1.807) is 30.0 Å². The molecule has 3 aromatic rings. The van der Waals surface area contributed by atoms with Crippen LogP contribution >= 0.6 is 22.9 Å². The van der Waals surface area contributed by atoms with Crippen molar-refractivity contribution in [3.8, 4) is 10.9 Å². The Labute approximate surface area is 160 Å². The molecule has 8 heteroatoms. The van der Waals surface area contributed by atoms with Gasteiger partial charge >= 0.3 is 0 Å². The summed E-state index contributed by atoms with van der Waals surface area (Å²) in [6.45, 7) is 5.78. The molecule has 2 heterocycles. The average molecular weight is 391 g/mol. The lowest BCUT2D eigenvalue weighted by Gasteiger charge is -2.10. The summed E-state index contributed by atoms with van der Waals surface area (Å²) >= 11 is 7.54. The molecule has 26 heavy (non-hydrogen) atoms. The Morgan fingerprint density at radius 3 is 2.77 bits per heavy atom. The first-order valence-electron chi connectivity index (χ1n) is 8.00. The number of aromatic nitrogens is 3. The Bertz CT molecular complexity index is 964. The highest BCUT2D eigenvalue weighted by molar-refractivity contribution is 7.12. The molecule has 0 saturated heterocycles. The number of halogens is 1.